The van der Waals surface area contributed by atoms with Gasteiger partial charge in [-0.15, -0.1) is 23.5 Å². The van der Waals surface area contributed by atoms with Crippen molar-refractivity contribution in [3.05, 3.63) is 131 Å². The van der Waals surface area contributed by atoms with Crippen molar-refractivity contribution in [2.24, 2.45) is 5.16 Å². The summed E-state index contributed by atoms with van der Waals surface area (Å²) in [5.74, 6) is 0.246. The predicted molar refractivity (Wildman–Crippen MR) is 166 cm³/mol. The Hall–Kier alpha value is -3.65. The van der Waals surface area contributed by atoms with Gasteiger partial charge in [-0.3, -0.25) is 9.59 Å². The number of ketones is 2. The highest BCUT2D eigenvalue weighted by molar-refractivity contribution is 7.99. The number of benzene rings is 3. The van der Waals surface area contributed by atoms with Crippen LogP contribution in [0.25, 0.3) is 0 Å². The normalized spacial score (nSPS) is 11.8. The summed E-state index contributed by atoms with van der Waals surface area (Å²) in [5, 5.41) is 4.48. The van der Waals surface area contributed by atoms with E-state index in [1.54, 1.807) is 78.2 Å². The Morgan fingerprint density at radius 1 is 0.875 bits per heavy atom. The first-order valence-electron chi connectivity index (χ1n) is 12.4. The molecule has 0 N–H and O–H groups in total. The molecule has 0 aliphatic rings. The molecule has 0 amide bonds. The van der Waals surface area contributed by atoms with Crippen LogP contribution in [0.3, 0.4) is 0 Å². The van der Waals surface area contributed by atoms with Gasteiger partial charge >= 0.3 is 5.97 Å². The molecule has 0 saturated heterocycles. The molecule has 0 spiro atoms. The summed E-state index contributed by atoms with van der Waals surface area (Å²) in [7, 11) is 0. The Balaban J connectivity index is 1.59. The summed E-state index contributed by atoms with van der Waals surface area (Å²) in [4.78, 5) is 43.9. The van der Waals surface area contributed by atoms with Crippen LogP contribution in [0, 0.1) is 0 Å². The van der Waals surface area contributed by atoms with Gasteiger partial charge in [-0.2, -0.15) is 0 Å². The summed E-state index contributed by atoms with van der Waals surface area (Å²) in [6.45, 7) is 4.94. The number of thioether (sulfide) groups is 2. The molecule has 0 aromatic heterocycles. The van der Waals surface area contributed by atoms with Crippen LogP contribution in [0.1, 0.15) is 34.1 Å². The van der Waals surface area contributed by atoms with Gasteiger partial charge in [0, 0.05) is 56.4 Å². The summed E-state index contributed by atoms with van der Waals surface area (Å²) in [6, 6.07) is 23.7. The number of halogens is 1. The Morgan fingerprint density at radius 3 is 2.15 bits per heavy atom. The van der Waals surface area contributed by atoms with E-state index in [2.05, 4.69) is 11.7 Å². The quantitative estimate of drug-likeness (QED) is 0.0358. The Labute approximate surface area is 248 Å². The van der Waals surface area contributed by atoms with Crippen LogP contribution >= 0.6 is 35.1 Å². The van der Waals surface area contributed by atoms with E-state index in [4.69, 9.17) is 16.4 Å². The average molecular weight is 590 g/mol. The van der Waals surface area contributed by atoms with Crippen molar-refractivity contribution in [3.8, 4) is 0 Å². The second-order valence-electron chi connectivity index (χ2n) is 8.29. The summed E-state index contributed by atoms with van der Waals surface area (Å²) < 4.78 is 0. The van der Waals surface area contributed by atoms with Gasteiger partial charge in [0.2, 0.25) is 5.78 Å². The summed E-state index contributed by atoms with van der Waals surface area (Å²) in [6.07, 6.45) is 7.32. The number of rotatable bonds is 14. The first kappa shape index (κ1) is 30.9. The number of carbonyl (C=O) groups excluding carboxylic acids is 3. The highest BCUT2D eigenvalue weighted by atomic mass is 35.5. The molecule has 5 nitrogen and oxygen atoms in total. The Morgan fingerprint density at radius 2 is 1.50 bits per heavy atom. The highest BCUT2D eigenvalue weighted by Crippen LogP contribution is 2.23. The molecule has 0 aliphatic carbocycles. The third kappa shape index (κ3) is 10.2. The zero-order valence-electron chi connectivity index (χ0n) is 21.9. The van der Waals surface area contributed by atoms with Crippen molar-refractivity contribution in [3.63, 3.8) is 0 Å². The van der Waals surface area contributed by atoms with Gasteiger partial charge in [0.25, 0.3) is 0 Å². The van der Waals surface area contributed by atoms with Crippen molar-refractivity contribution in [1.82, 2.24) is 0 Å². The number of nitrogens with zero attached hydrogens (tertiary/aromatic N) is 1. The van der Waals surface area contributed by atoms with E-state index in [1.165, 1.54) is 6.92 Å². The third-order valence-corrected chi connectivity index (χ3v) is 7.55. The van der Waals surface area contributed by atoms with E-state index in [1.807, 2.05) is 48.5 Å². The molecule has 0 fully saturated rings. The standard InChI is InChI=1S/C32H28ClNO4S2/c1-3-8-24(31(36)25-9-5-4-6-10-25)11-7-21-39-28-16-12-26(13-17-28)32(37)30(34-38-23(2)35)20-22-40-29-18-14-27(33)15-19-29/h3-19H,1,20-22H2,2H3/b11-7-,24-8+,34-30+. The van der Waals surface area contributed by atoms with Crippen LogP contribution in [0.2, 0.25) is 5.02 Å². The number of allylic oxidation sites excluding steroid dienone is 4. The minimum atomic E-state index is -0.591. The van der Waals surface area contributed by atoms with Crippen LogP contribution in [-0.4, -0.2) is 34.8 Å². The lowest BCUT2D eigenvalue weighted by atomic mass is 10.0. The van der Waals surface area contributed by atoms with Crippen LogP contribution in [0.5, 0.6) is 0 Å². The predicted octanol–water partition coefficient (Wildman–Crippen LogP) is 8.27. The van der Waals surface area contributed by atoms with E-state index < -0.39 is 5.97 Å². The fraction of sp³-hybridized carbons (Fsp3) is 0.125. The minimum absolute atomic E-state index is 0.0672. The van der Waals surface area contributed by atoms with E-state index in [0.29, 0.717) is 39.6 Å². The van der Waals surface area contributed by atoms with Gasteiger partial charge in [-0.1, -0.05) is 78.0 Å². The number of Topliss-reactive ketones (excluding diaryl/α,β-unsaturated/α-hetero) is 2. The monoisotopic (exact) mass is 589 g/mol. The van der Waals surface area contributed by atoms with Crippen molar-refractivity contribution < 1.29 is 19.2 Å². The molecule has 3 aromatic carbocycles. The van der Waals surface area contributed by atoms with Gasteiger partial charge in [0.05, 0.1) is 0 Å². The second-order valence-corrected chi connectivity index (χ2v) is 11.0. The lowest BCUT2D eigenvalue weighted by Gasteiger charge is -2.07. The Bertz CT molecular complexity index is 1410. The first-order valence-corrected chi connectivity index (χ1v) is 14.7. The van der Waals surface area contributed by atoms with Crippen LogP contribution in [0.4, 0.5) is 0 Å². The summed E-state index contributed by atoms with van der Waals surface area (Å²) in [5.41, 5.74) is 1.79. The molecular weight excluding hydrogens is 562 g/mol. The van der Waals surface area contributed by atoms with Crippen molar-refractivity contribution in [1.29, 1.82) is 0 Å². The van der Waals surface area contributed by atoms with Crippen LogP contribution in [-0.2, 0) is 9.63 Å². The van der Waals surface area contributed by atoms with Crippen molar-refractivity contribution in [2.45, 2.75) is 23.1 Å². The fourth-order valence-corrected chi connectivity index (χ4v) is 5.09. The maximum atomic E-state index is 13.1. The molecule has 0 atom stereocenters. The highest BCUT2D eigenvalue weighted by Gasteiger charge is 2.16. The second kappa shape index (κ2) is 16.5. The van der Waals surface area contributed by atoms with Gasteiger partial charge < -0.3 is 4.84 Å². The molecular formula is C32H28ClNO4S2. The molecule has 0 bridgehead atoms. The molecule has 3 aromatic rings. The molecule has 0 radical (unpaired) electrons. The van der Waals surface area contributed by atoms with Gasteiger partial charge in [0.15, 0.2) is 5.78 Å². The van der Waals surface area contributed by atoms with Gasteiger partial charge in [0.1, 0.15) is 5.71 Å². The molecule has 0 unspecified atom stereocenters. The Kier molecular flexibility index (Phi) is 12.7. The number of hydrogen-bond acceptors (Lipinski definition) is 7. The molecule has 0 saturated carbocycles. The van der Waals surface area contributed by atoms with E-state index in [-0.39, 0.29) is 17.3 Å². The maximum absolute atomic E-state index is 13.1. The van der Waals surface area contributed by atoms with Crippen LogP contribution in [0.15, 0.2) is 130 Å². The van der Waals surface area contributed by atoms with E-state index in [0.717, 1.165) is 9.79 Å². The molecule has 0 aliphatic heterocycles. The lowest BCUT2D eigenvalue weighted by molar-refractivity contribution is -0.140. The zero-order valence-corrected chi connectivity index (χ0v) is 24.3. The fourth-order valence-electron chi connectivity index (χ4n) is 3.40. The number of oxime groups is 1. The number of carbonyl (C=O) groups is 3. The van der Waals surface area contributed by atoms with Crippen molar-refractivity contribution in [2.75, 3.05) is 11.5 Å². The topological polar surface area (TPSA) is 72.8 Å². The molecule has 0 heterocycles. The third-order valence-electron chi connectivity index (χ3n) is 5.32. The van der Waals surface area contributed by atoms with E-state index >= 15 is 0 Å². The number of hydrogen-bond donors (Lipinski definition) is 0. The van der Waals surface area contributed by atoms with Crippen molar-refractivity contribution >= 4 is 58.4 Å². The first-order chi connectivity index (χ1) is 19.4. The molecule has 40 heavy (non-hydrogen) atoms. The van der Waals surface area contributed by atoms with Gasteiger partial charge in [-0.25, -0.2) is 4.79 Å². The van der Waals surface area contributed by atoms with Crippen LogP contribution < -0.4 is 0 Å². The maximum Gasteiger partial charge on any atom is 0.331 e. The largest absolute Gasteiger partial charge is 0.331 e. The molecule has 8 heteroatoms. The smallest absolute Gasteiger partial charge is 0.318 e. The lowest BCUT2D eigenvalue weighted by Crippen LogP contribution is -2.16. The molecule has 3 rings (SSSR count). The summed E-state index contributed by atoms with van der Waals surface area (Å²) >= 11 is 9.05. The average Bonchev–Trinajstić information content (AvgIpc) is 2.97. The van der Waals surface area contributed by atoms with E-state index in [9.17, 15) is 14.4 Å². The zero-order chi connectivity index (χ0) is 28.7. The SMILES string of the molecule is C=C/C=C(\C=C/CSc1ccc(C(=O)/C(CCSc2ccc(Cl)cc2)=N/OC(C)=O)cc1)C(=O)c1ccccc1. The van der Waals surface area contributed by atoms with Gasteiger partial charge in [-0.05, 0) is 48.5 Å². The minimum Gasteiger partial charge on any atom is -0.318 e. The molecule has 204 valence electrons.